The quantitative estimate of drug-likeness (QED) is 0.929. The second kappa shape index (κ2) is 6.89. The average Bonchev–Trinajstić information content (AvgIpc) is 3.15. The Morgan fingerprint density at radius 2 is 2.26 bits per heavy atom. The van der Waals surface area contributed by atoms with E-state index in [1.807, 2.05) is 17.5 Å². The molecule has 0 bridgehead atoms. The van der Waals surface area contributed by atoms with Crippen LogP contribution in [-0.2, 0) is 4.74 Å². The SMILES string of the molecule is CNC(=O)c1ccc(C(=O)N2CCOC(c3cccs3)C2)cn1. The van der Waals surface area contributed by atoms with Crippen molar-refractivity contribution in [2.75, 3.05) is 26.7 Å². The third kappa shape index (κ3) is 3.40. The lowest BCUT2D eigenvalue weighted by Crippen LogP contribution is -2.42. The molecule has 1 fully saturated rings. The summed E-state index contributed by atoms with van der Waals surface area (Å²) in [5.74, 6) is -0.362. The summed E-state index contributed by atoms with van der Waals surface area (Å²) < 4.78 is 5.75. The van der Waals surface area contributed by atoms with Crippen LogP contribution in [0.4, 0.5) is 0 Å². The molecule has 2 amide bonds. The highest BCUT2D eigenvalue weighted by Crippen LogP contribution is 2.26. The van der Waals surface area contributed by atoms with Crippen LogP contribution in [0.3, 0.4) is 0 Å². The minimum Gasteiger partial charge on any atom is -0.369 e. The number of hydrogen-bond donors (Lipinski definition) is 1. The highest BCUT2D eigenvalue weighted by molar-refractivity contribution is 7.10. The van der Waals surface area contributed by atoms with Gasteiger partial charge in [-0.3, -0.25) is 14.6 Å². The van der Waals surface area contributed by atoms with Gasteiger partial charge < -0.3 is 15.0 Å². The van der Waals surface area contributed by atoms with Crippen molar-refractivity contribution >= 4 is 23.2 Å². The number of pyridine rings is 1. The molecule has 23 heavy (non-hydrogen) atoms. The van der Waals surface area contributed by atoms with Crippen molar-refractivity contribution in [2.24, 2.45) is 0 Å². The van der Waals surface area contributed by atoms with Gasteiger partial charge in [0.25, 0.3) is 11.8 Å². The van der Waals surface area contributed by atoms with E-state index in [-0.39, 0.29) is 17.9 Å². The third-order valence-electron chi connectivity index (χ3n) is 3.68. The van der Waals surface area contributed by atoms with Crippen LogP contribution < -0.4 is 5.32 Å². The molecule has 3 heterocycles. The van der Waals surface area contributed by atoms with Crippen LogP contribution in [0.25, 0.3) is 0 Å². The molecular formula is C16H17N3O3S. The number of carbonyl (C=O) groups is 2. The third-order valence-corrected chi connectivity index (χ3v) is 4.65. The van der Waals surface area contributed by atoms with Crippen LogP contribution in [0, 0.1) is 0 Å². The summed E-state index contributed by atoms with van der Waals surface area (Å²) in [7, 11) is 1.54. The number of nitrogens with zero attached hydrogens (tertiary/aromatic N) is 2. The highest BCUT2D eigenvalue weighted by atomic mass is 32.1. The predicted molar refractivity (Wildman–Crippen MR) is 86.5 cm³/mol. The van der Waals surface area contributed by atoms with Crippen LogP contribution in [0.15, 0.2) is 35.8 Å². The van der Waals surface area contributed by atoms with E-state index in [0.717, 1.165) is 4.88 Å². The molecule has 6 nitrogen and oxygen atoms in total. The number of morpholine rings is 1. The van der Waals surface area contributed by atoms with E-state index in [2.05, 4.69) is 10.3 Å². The minimum absolute atomic E-state index is 0.0780. The smallest absolute Gasteiger partial charge is 0.269 e. The zero-order valence-corrected chi connectivity index (χ0v) is 13.5. The van der Waals surface area contributed by atoms with Gasteiger partial charge in [0, 0.05) is 24.7 Å². The zero-order chi connectivity index (χ0) is 16.2. The van der Waals surface area contributed by atoms with Crippen molar-refractivity contribution < 1.29 is 14.3 Å². The maximum atomic E-state index is 12.6. The largest absolute Gasteiger partial charge is 0.369 e. The lowest BCUT2D eigenvalue weighted by Gasteiger charge is -2.32. The summed E-state index contributed by atoms with van der Waals surface area (Å²) >= 11 is 1.63. The summed E-state index contributed by atoms with van der Waals surface area (Å²) in [5, 5.41) is 4.50. The van der Waals surface area contributed by atoms with Gasteiger partial charge in [-0.1, -0.05) is 6.07 Å². The molecule has 120 valence electrons. The molecule has 2 aromatic rings. The Balaban J connectivity index is 1.71. The Morgan fingerprint density at radius 1 is 1.39 bits per heavy atom. The van der Waals surface area contributed by atoms with Crippen molar-refractivity contribution in [3.05, 3.63) is 52.0 Å². The first-order chi connectivity index (χ1) is 11.2. The van der Waals surface area contributed by atoms with Crippen molar-refractivity contribution in [1.82, 2.24) is 15.2 Å². The van der Waals surface area contributed by atoms with Gasteiger partial charge in [-0.05, 0) is 23.6 Å². The van der Waals surface area contributed by atoms with Gasteiger partial charge in [0.15, 0.2) is 0 Å². The molecule has 0 saturated carbocycles. The topological polar surface area (TPSA) is 71.5 Å². The molecule has 2 aromatic heterocycles. The van der Waals surface area contributed by atoms with E-state index in [1.165, 1.54) is 6.20 Å². The summed E-state index contributed by atoms with van der Waals surface area (Å²) in [6.07, 6.45) is 1.37. The van der Waals surface area contributed by atoms with E-state index in [4.69, 9.17) is 4.74 Å². The number of ether oxygens (including phenoxy) is 1. The van der Waals surface area contributed by atoms with Gasteiger partial charge in [-0.25, -0.2) is 0 Å². The Kier molecular flexibility index (Phi) is 4.68. The molecule has 1 aliphatic rings. The Bertz CT molecular complexity index is 685. The standard InChI is InChI=1S/C16H17N3O3S/c1-17-15(20)12-5-4-11(9-18-12)16(21)19-6-7-22-13(10-19)14-3-2-8-23-14/h2-5,8-9,13H,6-7,10H2,1H3,(H,17,20). The van der Waals surface area contributed by atoms with Crippen LogP contribution >= 0.6 is 11.3 Å². The number of aromatic nitrogens is 1. The number of hydrogen-bond acceptors (Lipinski definition) is 5. The van der Waals surface area contributed by atoms with Crippen molar-refractivity contribution in [1.29, 1.82) is 0 Å². The van der Waals surface area contributed by atoms with Crippen molar-refractivity contribution in [3.63, 3.8) is 0 Å². The van der Waals surface area contributed by atoms with E-state index in [9.17, 15) is 9.59 Å². The Morgan fingerprint density at radius 3 is 2.91 bits per heavy atom. The molecule has 1 N–H and O–H groups in total. The molecular weight excluding hydrogens is 314 g/mol. The molecule has 1 atom stereocenters. The maximum Gasteiger partial charge on any atom is 0.269 e. The van der Waals surface area contributed by atoms with E-state index in [0.29, 0.717) is 31.0 Å². The molecule has 7 heteroatoms. The first kappa shape index (κ1) is 15.6. The number of carbonyl (C=O) groups excluding carboxylic acids is 2. The van der Waals surface area contributed by atoms with Crippen molar-refractivity contribution in [2.45, 2.75) is 6.10 Å². The fraction of sp³-hybridized carbons (Fsp3) is 0.312. The van der Waals surface area contributed by atoms with Gasteiger partial charge in [0.2, 0.25) is 0 Å². The summed E-state index contributed by atoms with van der Waals surface area (Å²) in [4.78, 5) is 31.0. The molecule has 0 spiro atoms. The molecule has 0 aromatic carbocycles. The summed E-state index contributed by atoms with van der Waals surface area (Å²) in [6.45, 7) is 1.59. The lowest BCUT2D eigenvalue weighted by molar-refractivity contribution is -0.0212. The zero-order valence-electron chi connectivity index (χ0n) is 12.7. The van der Waals surface area contributed by atoms with Gasteiger partial charge in [-0.15, -0.1) is 11.3 Å². The number of rotatable bonds is 3. The van der Waals surface area contributed by atoms with E-state index in [1.54, 1.807) is 35.4 Å². The molecule has 0 aliphatic carbocycles. The Hall–Kier alpha value is -2.25. The average molecular weight is 331 g/mol. The summed E-state index contributed by atoms with van der Waals surface area (Å²) in [5.41, 5.74) is 0.770. The molecule has 0 radical (unpaired) electrons. The van der Waals surface area contributed by atoms with Crippen LogP contribution in [-0.4, -0.2) is 48.4 Å². The highest BCUT2D eigenvalue weighted by Gasteiger charge is 2.26. The van der Waals surface area contributed by atoms with Gasteiger partial charge in [0.05, 0.1) is 18.7 Å². The normalized spacial score (nSPS) is 17.8. The predicted octanol–water partition coefficient (Wildman–Crippen LogP) is 1.72. The number of thiophene rings is 1. The van der Waals surface area contributed by atoms with Gasteiger partial charge in [0.1, 0.15) is 11.8 Å². The van der Waals surface area contributed by atoms with Gasteiger partial charge >= 0.3 is 0 Å². The Labute approximate surface area is 138 Å². The van der Waals surface area contributed by atoms with Crippen LogP contribution in [0.5, 0.6) is 0 Å². The maximum absolute atomic E-state index is 12.6. The van der Waals surface area contributed by atoms with Gasteiger partial charge in [-0.2, -0.15) is 0 Å². The lowest BCUT2D eigenvalue weighted by atomic mass is 10.2. The number of nitrogens with one attached hydrogen (secondary N) is 1. The monoisotopic (exact) mass is 331 g/mol. The molecule has 3 rings (SSSR count). The molecule has 1 aliphatic heterocycles. The van der Waals surface area contributed by atoms with Crippen molar-refractivity contribution in [3.8, 4) is 0 Å². The van der Waals surface area contributed by atoms with E-state index < -0.39 is 0 Å². The fourth-order valence-corrected chi connectivity index (χ4v) is 3.21. The first-order valence-electron chi connectivity index (χ1n) is 7.31. The first-order valence-corrected chi connectivity index (χ1v) is 8.19. The second-order valence-corrected chi connectivity index (χ2v) is 6.12. The second-order valence-electron chi connectivity index (χ2n) is 5.14. The fourth-order valence-electron chi connectivity index (χ4n) is 2.45. The summed E-state index contributed by atoms with van der Waals surface area (Å²) in [6, 6.07) is 7.19. The molecule has 1 unspecified atom stereocenters. The van der Waals surface area contributed by atoms with Crippen LogP contribution in [0.1, 0.15) is 31.8 Å². The molecule has 1 saturated heterocycles. The minimum atomic E-state index is -0.270. The number of amides is 2. The van der Waals surface area contributed by atoms with Crippen LogP contribution in [0.2, 0.25) is 0 Å². The van der Waals surface area contributed by atoms with E-state index >= 15 is 0 Å².